The fourth-order valence-electron chi connectivity index (χ4n) is 16.3. The summed E-state index contributed by atoms with van der Waals surface area (Å²) < 4.78 is 16.9. The molecule has 4 heterocycles. The molecule has 15 atom stereocenters. The van der Waals surface area contributed by atoms with Crippen LogP contribution in [0.4, 0.5) is 0 Å². The molecular formula is C95H127NO25. The summed E-state index contributed by atoms with van der Waals surface area (Å²) in [7, 11) is 0. The maximum absolute atomic E-state index is 12.7. The Morgan fingerprint density at radius 3 is 1.01 bits per heavy atom. The molecule has 0 bridgehead atoms. The van der Waals surface area contributed by atoms with Crippen LogP contribution in [0.1, 0.15) is 192 Å². The molecule has 4 aliphatic rings. The molecule has 26 nitrogen and oxygen atoms in total. The Kier molecular flexibility index (Phi) is 36.6. The van der Waals surface area contributed by atoms with E-state index in [0.29, 0.717) is 75.1 Å². The number of nitrogens with zero attached hydrogens (tertiary/aromatic N) is 1. The van der Waals surface area contributed by atoms with Crippen molar-refractivity contribution in [1.29, 1.82) is 0 Å². The maximum Gasteiger partial charge on any atom is 0.133 e. The molecule has 121 heavy (non-hydrogen) atoms. The van der Waals surface area contributed by atoms with Crippen LogP contribution in [0.3, 0.4) is 0 Å². The molecular weight excluding hydrogens is 1560 g/mol. The van der Waals surface area contributed by atoms with Gasteiger partial charge in [0.25, 0.3) is 0 Å². The zero-order valence-corrected chi connectivity index (χ0v) is 70.0. The van der Waals surface area contributed by atoms with Crippen molar-refractivity contribution in [3.05, 3.63) is 229 Å². The van der Waals surface area contributed by atoms with E-state index in [1.165, 1.54) is 11.1 Å². The minimum Gasteiger partial charge on any atom is -0.508 e. The maximum atomic E-state index is 12.7. The molecule has 0 aliphatic carbocycles. The Morgan fingerprint density at radius 1 is 0.380 bits per heavy atom. The van der Waals surface area contributed by atoms with Gasteiger partial charge in [-0.1, -0.05) is 117 Å². The number of aromatic hydroxyl groups is 3. The zero-order valence-electron chi connectivity index (χ0n) is 70.0. The predicted octanol–water partition coefficient (Wildman–Crippen LogP) is 6.16. The van der Waals surface area contributed by atoms with Crippen LogP contribution in [0.15, 0.2) is 140 Å². The van der Waals surface area contributed by atoms with Crippen LogP contribution < -0.4 is 0 Å². The van der Waals surface area contributed by atoms with E-state index in [4.69, 9.17) is 14.2 Å². The van der Waals surface area contributed by atoms with Crippen LogP contribution in [-0.2, 0) is 73.7 Å². The van der Waals surface area contributed by atoms with Crippen molar-refractivity contribution >= 4 is 17.3 Å². The molecule has 662 valence electrons. The van der Waals surface area contributed by atoms with E-state index in [-0.39, 0.29) is 64.8 Å². The molecule has 4 saturated heterocycles. The highest BCUT2D eigenvalue weighted by molar-refractivity contribution is 5.80. The summed E-state index contributed by atoms with van der Waals surface area (Å²) in [6.45, 7) is 9.44. The molecule has 0 amide bonds. The highest BCUT2D eigenvalue weighted by atomic mass is 16.6. The number of ketones is 3. The summed E-state index contributed by atoms with van der Waals surface area (Å²) in [5.74, 6) is 0.589. The fraction of sp³-hybridized carbons (Fsp3) is 0.526. The number of aliphatic hydroxyl groups excluding tert-OH is 16. The van der Waals surface area contributed by atoms with Crippen LogP contribution in [0, 0.1) is 37.5 Å². The molecule has 11 rings (SSSR count). The molecule has 7 aromatic carbocycles. The Bertz CT molecular complexity index is 4380. The highest BCUT2D eigenvalue weighted by Crippen LogP contribution is 2.43. The van der Waals surface area contributed by atoms with Crippen LogP contribution in [0.2, 0.25) is 0 Å². The van der Waals surface area contributed by atoms with E-state index in [0.717, 1.165) is 119 Å². The second-order valence-electron chi connectivity index (χ2n) is 34.5. The molecule has 4 fully saturated rings. The average molecular weight is 1680 g/mol. The number of phenolic OH excluding ortho intramolecular Hbond substituents is 3. The van der Waals surface area contributed by atoms with Crippen LogP contribution >= 0.6 is 0 Å². The zero-order chi connectivity index (χ0) is 88.0. The van der Waals surface area contributed by atoms with Gasteiger partial charge in [0.05, 0.1) is 39.6 Å². The fourth-order valence-corrected chi connectivity index (χ4v) is 16.3. The van der Waals surface area contributed by atoms with E-state index in [9.17, 15) is 111 Å². The van der Waals surface area contributed by atoms with E-state index >= 15 is 0 Å². The second kappa shape index (κ2) is 45.7. The number of rotatable bonds is 36. The summed E-state index contributed by atoms with van der Waals surface area (Å²) in [6.07, 6.45) is -9.30. The first kappa shape index (κ1) is 97.0. The number of aliphatic hydroxyl groups is 16. The number of phenols is 3. The Balaban J connectivity index is 0.000000208. The lowest BCUT2D eigenvalue weighted by Crippen LogP contribution is -2.55. The van der Waals surface area contributed by atoms with Gasteiger partial charge in [-0.3, -0.25) is 19.3 Å². The second-order valence-corrected chi connectivity index (χ2v) is 34.5. The van der Waals surface area contributed by atoms with E-state index in [2.05, 4.69) is 53.4 Å². The lowest BCUT2D eigenvalue weighted by atomic mass is 9.84. The monoisotopic (exact) mass is 1680 g/mol. The molecule has 4 aliphatic heterocycles. The van der Waals surface area contributed by atoms with Crippen LogP contribution in [0.5, 0.6) is 17.2 Å². The largest absolute Gasteiger partial charge is 0.508 e. The Labute approximate surface area is 708 Å². The van der Waals surface area contributed by atoms with Crippen molar-refractivity contribution in [3.8, 4) is 17.2 Å². The molecule has 0 radical (unpaired) electrons. The van der Waals surface area contributed by atoms with Crippen molar-refractivity contribution in [1.82, 2.24) is 4.90 Å². The number of hydrogen-bond donors (Lipinski definition) is 19. The third-order valence-corrected chi connectivity index (χ3v) is 24.2. The number of carbonyl (C=O) groups excluding carboxylic acids is 3. The normalized spacial score (nSPS) is 24.2. The number of Topliss-reactive ketones (excluding diaryl/α,β-unsaturated/α-hetero) is 3. The van der Waals surface area contributed by atoms with E-state index in [1.54, 1.807) is 36.4 Å². The van der Waals surface area contributed by atoms with Crippen LogP contribution in [-0.4, -0.2) is 252 Å². The lowest BCUT2D eigenvalue weighted by molar-refractivity contribution is -0.232. The smallest absolute Gasteiger partial charge is 0.133 e. The number of benzene rings is 7. The van der Waals surface area contributed by atoms with E-state index in [1.807, 2.05) is 89.2 Å². The van der Waals surface area contributed by atoms with Crippen molar-refractivity contribution in [2.75, 3.05) is 59.3 Å². The third-order valence-electron chi connectivity index (χ3n) is 24.2. The summed E-state index contributed by atoms with van der Waals surface area (Å²) >= 11 is 0. The number of aryl methyl sites for hydroxylation is 6. The lowest BCUT2D eigenvalue weighted by Gasteiger charge is -2.40. The molecule has 26 heteroatoms. The standard InChI is InChI=1S/C37H47NO7.C29H40O10.C29H40O8/c1-24-18-32(41)31(37-36(44)35(43)34(42)33(23-39)45-37)21-29(24)19-26-12-10-25(11-13-26)8-5-9-30(40)20-27-14-16-38(17-15-27)22-28-6-3-2-4-7-28;1-17-9-23(35)22(28-27(38)26(37)25(36)24(13-30)39-28)11-20(17)10-19-7-5-18(6-8-19)3-2-4-21(34)12-29(14-31,15-32)16-33;1-17-11-23(33)22(28-27(36)26(35)25(34)24(15-30)37-28)13-20(17)12-19-9-7-18(8-10-19)5-4-6-21(32)14-29(2,3)16-31/h2-4,6-7,10-13,18,21,27,33-37,39,41-44H,5,8-9,14-17,19-20,22-23H2,1H3;5-9,11,24-28,30-33,35-38H,2-4,10,12-16H2,1H3;7-11,13,24-28,30-31,33-36H,4-6,12,14-16H2,1-3H3/t33-,34-,35+,36-,37+;2*24-,25-,26+,27-,28+/m111/s1. The number of ether oxygens (including phenoxy) is 3. The molecule has 0 spiro atoms. The summed E-state index contributed by atoms with van der Waals surface area (Å²) in [5, 5.41) is 190. The predicted molar refractivity (Wildman–Crippen MR) is 451 cm³/mol. The highest BCUT2D eigenvalue weighted by Gasteiger charge is 2.48. The van der Waals surface area contributed by atoms with Crippen molar-refractivity contribution in [3.63, 3.8) is 0 Å². The topological polar surface area (TPSA) is 467 Å². The van der Waals surface area contributed by atoms with Gasteiger partial charge in [-0.25, -0.2) is 0 Å². The van der Waals surface area contributed by atoms with Crippen molar-refractivity contribution < 1.29 is 126 Å². The van der Waals surface area contributed by atoms with Crippen LogP contribution in [0.25, 0.3) is 0 Å². The Morgan fingerprint density at radius 2 is 0.694 bits per heavy atom. The number of piperidine rings is 1. The summed E-state index contributed by atoms with van der Waals surface area (Å²) in [4.78, 5) is 39.6. The molecule has 0 saturated carbocycles. The van der Waals surface area contributed by atoms with Crippen molar-refractivity contribution in [2.24, 2.45) is 16.7 Å². The molecule has 7 aromatic rings. The van der Waals surface area contributed by atoms with Gasteiger partial charge < -0.3 is 111 Å². The quantitative estimate of drug-likeness (QED) is 0.0209. The first-order chi connectivity index (χ1) is 57.7. The van der Waals surface area contributed by atoms with Gasteiger partial charge in [-0.05, 0) is 225 Å². The number of hydrogen-bond acceptors (Lipinski definition) is 26. The minimum absolute atomic E-state index is 0.00921. The first-order valence-electron chi connectivity index (χ1n) is 42.1. The van der Waals surface area contributed by atoms with Gasteiger partial charge >= 0.3 is 0 Å². The van der Waals surface area contributed by atoms with Gasteiger partial charge in [-0.15, -0.1) is 0 Å². The van der Waals surface area contributed by atoms with Gasteiger partial charge in [0.1, 0.15) is 126 Å². The Hall–Kier alpha value is -7.85. The summed E-state index contributed by atoms with van der Waals surface area (Å²) in [5.41, 5.74) is 12.3. The van der Waals surface area contributed by atoms with Gasteiger partial charge in [-0.2, -0.15) is 0 Å². The minimum atomic E-state index is -1.55. The SMILES string of the molecule is Cc1cc(O)c([C@@H]2O[C@H](CO)[C@@H](O)[C@H](O)[C@H]2O)cc1Cc1ccc(CCCC(=O)CC(C)(C)CO)cc1.Cc1cc(O)c([C@@H]2O[C@H](CO)[C@@H](O)[C@H](O)[C@H]2O)cc1Cc1ccc(CCCC(=O)CC(CO)(CO)CO)cc1.Cc1cc(O)c([C@@H]2O[C@H](CO)[C@@H](O)[C@H](O)[C@H]2O)cc1Cc1ccc(CCCC(=O)CC2CCN(Cc3ccccc3)CC2)cc1. The van der Waals surface area contributed by atoms with E-state index < -0.39 is 137 Å². The average Bonchev–Trinajstić information content (AvgIpc) is 0.787. The first-order valence-corrected chi connectivity index (χ1v) is 42.1. The molecule has 19 N–H and O–H groups in total. The third kappa shape index (κ3) is 26.6. The number of carbonyl (C=O) groups is 3. The van der Waals surface area contributed by atoms with Gasteiger partial charge in [0.15, 0.2) is 0 Å². The molecule has 0 aromatic heterocycles. The van der Waals surface area contributed by atoms with Crippen molar-refractivity contribution in [2.45, 2.75) is 242 Å². The summed E-state index contributed by atoms with van der Waals surface area (Å²) in [6, 6.07) is 44.8. The number of likely N-dealkylation sites (tertiary alicyclic amines) is 1. The van der Waals surface area contributed by atoms with Gasteiger partial charge in [0.2, 0.25) is 0 Å². The molecule has 0 unspecified atom stereocenters. The van der Waals surface area contributed by atoms with Gasteiger partial charge in [0, 0.05) is 73.8 Å².